The van der Waals surface area contributed by atoms with E-state index in [4.69, 9.17) is 0 Å². The second-order valence-electron chi connectivity index (χ2n) is 4.75. The summed E-state index contributed by atoms with van der Waals surface area (Å²) < 4.78 is 0. The third-order valence-corrected chi connectivity index (χ3v) is 3.47. The molecular formula is C17H14O2. The molecule has 0 heterocycles. The molecule has 0 aliphatic heterocycles. The molecule has 0 aromatic heterocycles. The van der Waals surface area contributed by atoms with Gasteiger partial charge in [-0.1, -0.05) is 54.6 Å². The smallest absolute Gasteiger partial charge is 0.167 e. The Hall–Kier alpha value is -2.35. The summed E-state index contributed by atoms with van der Waals surface area (Å²) in [5.74, 6) is 0.149. The largest absolute Gasteiger partial charge is 0.507 e. The quantitative estimate of drug-likeness (QED) is 0.887. The van der Waals surface area contributed by atoms with Crippen molar-refractivity contribution in [3.63, 3.8) is 0 Å². The second-order valence-corrected chi connectivity index (χ2v) is 4.75. The van der Waals surface area contributed by atoms with E-state index in [1.807, 2.05) is 54.6 Å². The fourth-order valence-electron chi connectivity index (χ4n) is 2.46. The van der Waals surface area contributed by atoms with Crippen LogP contribution in [0.5, 0.6) is 0 Å². The van der Waals surface area contributed by atoms with Gasteiger partial charge >= 0.3 is 0 Å². The summed E-state index contributed by atoms with van der Waals surface area (Å²) in [4.78, 5) is 12.2. The zero-order valence-electron chi connectivity index (χ0n) is 10.5. The number of ketones is 1. The molecule has 0 unspecified atom stereocenters. The number of Topliss-reactive ketones (excluding diaryl/α,β-unsaturated/α-hetero) is 1. The molecule has 1 N–H and O–H groups in total. The van der Waals surface area contributed by atoms with Crippen LogP contribution in [0, 0.1) is 0 Å². The number of carbonyl (C=O) groups excluding carboxylic acids is 1. The molecule has 0 bridgehead atoms. The standard InChI is InChI=1S/C17H14O2/c18-16-11-13-8-4-5-9-14(13)17(19)15(16)10-12-6-2-1-3-7-12/h1-9,19H,10-11H2. The molecule has 0 spiro atoms. The molecule has 2 heteroatoms. The van der Waals surface area contributed by atoms with E-state index in [1.54, 1.807) is 0 Å². The third kappa shape index (κ3) is 2.17. The van der Waals surface area contributed by atoms with Crippen molar-refractivity contribution < 1.29 is 9.90 Å². The maximum atomic E-state index is 12.2. The first kappa shape index (κ1) is 11.7. The summed E-state index contributed by atoms with van der Waals surface area (Å²) in [6.07, 6.45) is 0.863. The summed E-state index contributed by atoms with van der Waals surface area (Å²) in [7, 11) is 0. The van der Waals surface area contributed by atoms with Crippen molar-refractivity contribution in [3.8, 4) is 0 Å². The molecule has 2 aromatic carbocycles. The Morgan fingerprint density at radius 3 is 2.42 bits per heavy atom. The van der Waals surface area contributed by atoms with Crippen molar-refractivity contribution in [2.45, 2.75) is 12.8 Å². The number of carbonyl (C=O) groups is 1. The lowest BCUT2D eigenvalue weighted by atomic mass is 9.87. The molecule has 0 atom stereocenters. The van der Waals surface area contributed by atoms with Crippen LogP contribution < -0.4 is 0 Å². The summed E-state index contributed by atoms with van der Waals surface area (Å²) in [5.41, 5.74) is 3.25. The van der Waals surface area contributed by atoms with Gasteiger partial charge in [-0.3, -0.25) is 4.79 Å². The predicted molar refractivity (Wildman–Crippen MR) is 74.8 cm³/mol. The van der Waals surface area contributed by atoms with Gasteiger partial charge in [0.2, 0.25) is 0 Å². The molecule has 2 nitrogen and oxygen atoms in total. The third-order valence-electron chi connectivity index (χ3n) is 3.47. The van der Waals surface area contributed by atoms with Gasteiger partial charge in [0.25, 0.3) is 0 Å². The number of hydrogen-bond acceptors (Lipinski definition) is 2. The van der Waals surface area contributed by atoms with Gasteiger partial charge in [-0.05, 0) is 11.1 Å². The number of fused-ring (bicyclic) bond motifs is 1. The van der Waals surface area contributed by atoms with E-state index in [2.05, 4.69) is 0 Å². The number of aliphatic hydroxyl groups excluding tert-OH is 1. The van der Waals surface area contributed by atoms with E-state index in [9.17, 15) is 9.90 Å². The van der Waals surface area contributed by atoms with Gasteiger partial charge in [-0.25, -0.2) is 0 Å². The highest BCUT2D eigenvalue weighted by Gasteiger charge is 2.24. The molecule has 94 valence electrons. The predicted octanol–water partition coefficient (Wildman–Crippen LogP) is 3.32. The van der Waals surface area contributed by atoms with Gasteiger partial charge in [0, 0.05) is 24.0 Å². The number of benzene rings is 2. The van der Waals surface area contributed by atoms with Crippen molar-refractivity contribution in [2.24, 2.45) is 0 Å². The van der Waals surface area contributed by atoms with Crippen LogP contribution in [0.15, 0.2) is 60.2 Å². The van der Waals surface area contributed by atoms with E-state index in [0.29, 0.717) is 18.4 Å². The fraction of sp³-hybridized carbons (Fsp3) is 0.118. The van der Waals surface area contributed by atoms with Crippen LogP contribution >= 0.6 is 0 Å². The summed E-state index contributed by atoms with van der Waals surface area (Å²) in [5, 5.41) is 10.3. The first-order chi connectivity index (χ1) is 9.25. The highest BCUT2D eigenvalue weighted by atomic mass is 16.3. The van der Waals surface area contributed by atoms with Crippen LogP contribution in [0.1, 0.15) is 16.7 Å². The van der Waals surface area contributed by atoms with Crippen molar-refractivity contribution in [2.75, 3.05) is 0 Å². The average molecular weight is 250 g/mol. The summed E-state index contributed by atoms with van der Waals surface area (Å²) in [6.45, 7) is 0. The fourth-order valence-corrected chi connectivity index (χ4v) is 2.46. The Labute approximate surface area is 112 Å². The van der Waals surface area contributed by atoms with Gasteiger partial charge in [0.15, 0.2) is 5.78 Å². The van der Waals surface area contributed by atoms with Crippen LogP contribution in [0.25, 0.3) is 5.76 Å². The van der Waals surface area contributed by atoms with Gasteiger partial charge in [0.05, 0.1) is 0 Å². The number of aliphatic hydroxyl groups is 1. The minimum atomic E-state index is 0.0139. The molecule has 0 fully saturated rings. The maximum Gasteiger partial charge on any atom is 0.167 e. The van der Waals surface area contributed by atoms with Gasteiger partial charge < -0.3 is 5.11 Å². The van der Waals surface area contributed by atoms with E-state index in [-0.39, 0.29) is 11.5 Å². The van der Waals surface area contributed by atoms with Gasteiger partial charge in [-0.2, -0.15) is 0 Å². The molecule has 19 heavy (non-hydrogen) atoms. The van der Waals surface area contributed by atoms with E-state index in [0.717, 1.165) is 16.7 Å². The van der Waals surface area contributed by atoms with Crippen LogP contribution in [-0.2, 0) is 17.6 Å². The molecular weight excluding hydrogens is 236 g/mol. The summed E-state index contributed by atoms with van der Waals surface area (Å²) in [6, 6.07) is 17.3. The van der Waals surface area contributed by atoms with Crippen molar-refractivity contribution in [3.05, 3.63) is 76.9 Å². The molecule has 1 aliphatic rings. The Kier molecular flexibility index (Phi) is 2.92. The van der Waals surface area contributed by atoms with Crippen LogP contribution in [0.3, 0.4) is 0 Å². The van der Waals surface area contributed by atoms with Crippen molar-refractivity contribution in [1.29, 1.82) is 0 Å². The number of rotatable bonds is 2. The lowest BCUT2D eigenvalue weighted by Gasteiger charge is -2.18. The molecule has 0 amide bonds. The SMILES string of the molecule is O=C1Cc2ccccc2C(O)=C1Cc1ccccc1. The van der Waals surface area contributed by atoms with Crippen molar-refractivity contribution >= 4 is 11.5 Å². The molecule has 1 aliphatic carbocycles. The van der Waals surface area contributed by atoms with Gasteiger partial charge in [-0.15, -0.1) is 0 Å². The Morgan fingerprint density at radius 2 is 1.63 bits per heavy atom. The van der Waals surface area contributed by atoms with E-state index >= 15 is 0 Å². The molecule has 0 radical (unpaired) electrons. The highest BCUT2D eigenvalue weighted by molar-refractivity contribution is 6.05. The first-order valence-electron chi connectivity index (χ1n) is 6.33. The molecule has 0 saturated heterocycles. The monoisotopic (exact) mass is 250 g/mol. The lowest BCUT2D eigenvalue weighted by Crippen LogP contribution is -2.17. The molecule has 0 saturated carbocycles. The van der Waals surface area contributed by atoms with Crippen LogP contribution in [0.2, 0.25) is 0 Å². The van der Waals surface area contributed by atoms with Crippen molar-refractivity contribution in [1.82, 2.24) is 0 Å². The lowest BCUT2D eigenvalue weighted by molar-refractivity contribution is -0.115. The zero-order chi connectivity index (χ0) is 13.2. The molecule has 3 rings (SSSR count). The average Bonchev–Trinajstić information content (AvgIpc) is 2.45. The Morgan fingerprint density at radius 1 is 0.947 bits per heavy atom. The van der Waals surface area contributed by atoms with Crippen LogP contribution in [-0.4, -0.2) is 10.9 Å². The van der Waals surface area contributed by atoms with Crippen LogP contribution in [0.4, 0.5) is 0 Å². The Bertz CT molecular complexity index is 654. The zero-order valence-corrected chi connectivity index (χ0v) is 10.5. The molecule has 2 aromatic rings. The minimum Gasteiger partial charge on any atom is -0.507 e. The highest BCUT2D eigenvalue weighted by Crippen LogP contribution is 2.29. The normalized spacial score (nSPS) is 14.4. The second kappa shape index (κ2) is 4.73. The number of allylic oxidation sites excluding steroid dienone is 1. The summed E-state index contributed by atoms with van der Waals surface area (Å²) >= 11 is 0. The van der Waals surface area contributed by atoms with E-state index < -0.39 is 0 Å². The van der Waals surface area contributed by atoms with Gasteiger partial charge in [0.1, 0.15) is 5.76 Å². The number of hydrogen-bond donors (Lipinski definition) is 1. The minimum absolute atomic E-state index is 0.0139. The maximum absolute atomic E-state index is 12.2. The van der Waals surface area contributed by atoms with E-state index in [1.165, 1.54) is 0 Å². The Balaban J connectivity index is 2.03. The first-order valence-corrected chi connectivity index (χ1v) is 6.33. The topological polar surface area (TPSA) is 37.3 Å².